The van der Waals surface area contributed by atoms with Gasteiger partial charge in [-0.05, 0) is 0 Å². The summed E-state index contributed by atoms with van der Waals surface area (Å²) in [4.78, 5) is 8.11. The Morgan fingerprint density at radius 2 is 2.08 bits per heavy atom. The number of aromatic nitrogens is 2. The average molecular weight is 418 g/mol. The van der Waals surface area contributed by atoms with E-state index in [1.54, 1.807) is 12.1 Å². The second-order valence-electron chi connectivity index (χ2n) is 5.71. The third-order valence-electron chi connectivity index (χ3n) is 4.08. The number of benzene rings is 1. The summed E-state index contributed by atoms with van der Waals surface area (Å²) < 4.78 is 40.1. The van der Waals surface area contributed by atoms with Crippen LogP contribution in [0.3, 0.4) is 0 Å². The number of alkyl halides is 3. The van der Waals surface area contributed by atoms with Gasteiger partial charge in [0.2, 0.25) is 0 Å². The van der Waals surface area contributed by atoms with Crippen molar-refractivity contribution in [2.75, 3.05) is 5.32 Å². The predicted octanol–water partition coefficient (Wildman–Crippen LogP) is 3.55. The molecule has 0 spiro atoms. The second-order valence-corrected chi connectivity index (χ2v) is 9.24. The first kappa shape index (κ1) is 17.6. The minimum atomic E-state index is -4.33. The fourth-order valence-corrected chi connectivity index (χ4v) is 6.34. The van der Waals surface area contributed by atoms with Crippen molar-refractivity contribution in [3.8, 4) is 0 Å². The van der Waals surface area contributed by atoms with Gasteiger partial charge in [0.25, 0.3) is 0 Å². The molecule has 0 radical (unpaired) electrons. The zero-order valence-electron chi connectivity index (χ0n) is 12.9. The molecule has 0 aliphatic carbocycles. The molecule has 1 aromatic heterocycles. The summed E-state index contributed by atoms with van der Waals surface area (Å²) in [5, 5.41) is 3.72. The summed E-state index contributed by atoms with van der Waals surface area (Å²) in [6, 6.07) is 5.96. The number of nitrogens with zero attached hydrogens (tertiary/aromatic N) is 2. The van der Waals surface area contributed by atoms with E-state index >= 15 is 0 Å². The van der Waals surface area contributed by atoms with E-state index in [1.807, 2.05) is 0 Å². The minimum absolute atomic E-state index is 0.0828. The first-order chi connectivity index (χ1) is 11.4. The molecule has 0 saturated carbocycles. The van der Waals surface area contributed by atoms with Crippen molar-refractivity contribution < 1.29 is 13.2 Å². The van der Waals surface area contributed by atoms with Gasteiger partial charge in [0.1, 0.15) is 0 Å². The summed E-state index contributed by atoms with van der Waals surface area (Å²) in [5.74, 6) is 0. The van der Waals surface area contributed by atoms with Crippen molar-refractivity contribution in [3.63, 3.8) is 0 Å². The van der Waals surface area contributed by atoms with Gasteiger partial charge in [-0.3, -0.25) is 0 Å². The van der Waals surface area contributed by atoms with Crippen LogP contribution in [0.2, 0.25) is 5.15 Å². The van der Waals surface area contributed by atoms with Gasteiger partial charge in [-0.15, -0.1) is 0 Å². The number of hydrogen-bond donors (Lipinski definition) is 1. The van der Waals surface area contributed by atoms with Crippen molar-refractivity contribution in [2.45, 2.75) is 36.7 Å². The molecule has 1 N–H and O–H groups in total. The number of anilines is 1. The number of halogens is 4. The van der Waals surface area contributed by atoms with Gasteiger partial charge >= 0.3 is 150 Å². The van der Waals surface area contributed by atoms with E-state index in [9.17, 15) is 13.2 Å². The molecule has 3 atom stereocenters. The van der Waals surface area contributed by atoms with Crippen LogP contribution in [0.25, 0.3) is 0 Å². The van der Waals surface area contributed by atoms with Crippen LogP contribution >= 0.6 is 11.6 Å². The van der Waals surface area contributed by atoms with E-state index in [0.29, 0.717) is 5.15 Å². The molecule has 1 aromatic carbocycles. The third kappa shape index (κ3) is 3.86. The van der Waals surface area contributed by atoms with Gasteiger partial charge in [-0.2, -0.15) is 0 Å². The Labute approximate surface area is 149 Å². The van der Waals surface area contributed by atoms with Gasteiger partial charge in [0.15, 0.2) is 0 Å². The van der Waals surface area contributed by atoms with Gasteiger partial charge in [-0.1, -0.05) is 0 Å². The summed E-state index contributed by atoms with van der Waals surface area (Å²) in [5.41, 5.74) is 0.939. The molecular weight excluding hydrogens is 402 g/mol. The molecule has 24 heavy (non-hydrogen) atoms. The Hall–Kier alpha value is -1.26. The van der Waals surface area contributed by atoms with Crippen LogP contribution in [0, 0.1) is 0 Å². The van der Waals surface area contributed by atoms with Crippen molar-refractivity contribution in [1.29, 1.82) is 0 Å². The third-order valence-corrected chi connectivity index (χ3v) is 7.36. The fourth-order valence-electron chi connectivity index (χ4n) is 2.85. The van der Waals surface area contributed by atoms with Crippen molar-refractivity contribution in [1.82, 2.24) is 9.97 Å². The molecule has 0 fully saturated rings. The molecule has 128 valence electrons. The van der Waals surface area contributed by atoms with Crippen LogP contribution < -0.4 is 9.80 Å². The quantitative estimate of drug-likeness (QED) is 0.613. The van der Waals surface area contributed by atoms with Crippen LogP contribution in [0.4, 0.5) is 18.9 Å². The number of rotatable bonds is 3. The van der Waals surface area contributed by atoms with E-state index < -0.39 is 27.5 Å². The Morgan fingerprint density at radius 3 is 2.75 bits per heavy atom. The maximum absolute atomic E-state index is 13.1. The summed E-state index contributed by atoms with van der Waals surface area (Å²) >= 11 is 5.13. The normalized spacial score (nSPS) is 20.9. The summed E-state index contributed by atoms with van der Waals surface area (Å²) in [6.45, 7) is 2.07. The number of fused-ring (bicyclic) bond motifs is 1. The van der Waals surface area contributed by atoms with Crippen LogP contribution in [0.1, 0.15) is 35.6 Å². The molecule has 0 amide bonds. The average Bonchev–Trinajstić information content (AvgIpc) is 2.53. The van der Waals surface area contributed by atoms with Crippen LogP contribution in [-0.2, 0) is 6.18 Å². The fraction of sp³-hybridized carbons (Fsp3) is 0.375. The van der Waals surface area contributed by atoms with E-state index in [2.05, 4.69) is 22.2 Å². The van der Waals surface area contributed by atoms with Gasteiger partial charge in [0, 0.05) is 0 Å². The summed E-state index contributed by atoms with van der Waals surface area (Å²) in [7, 11) is 0. The Kier molecular flexibility index (Phi) is 5.07. The second kappa shape index (κ2) is 6.93. The standard InChI is InChI=1S/C16H16AsClF3N3/c1-2-10-6-12(17-14-7-15(18)23-8-22-14)11-5-9(16(19,20)21)3-4-13(11)24-10/h3-5,7-8,10,12,17,24H,2,6H2,1H3/t10-,12+/m1/s1. The van der Waals surface area contributed by atoms with Crippen molar-refractivity contribution >= 4 is 37.5 Å². The molecule has 0 saturated heterocycles. The van der Waals surface area contributed by atoms with Gasteiger partial charge in [0.05, 0.1) is 0 Å². The molecule has 3 rings (SSSR count). The molecule has 0 bridgehead atoms. The monoisotopic (exact) mass is 417 g/mol. The topological polar surface area (TPSA) is 37.8 Å². The molecule has 8 heteroatoms. The zero-order valence-corrected chi connectivity index (χ0v) is 15.7. The summed E-state index contributed by atoms with van der Waals surface area (Å²) in [6.07, 6.45) is -1.19. The Morgan fingerprint density at radius 1 is 1.29 bits per heavy atom. The van der Waals surface area contributed by atoms with Gasteiger partial charge in [-0.25, -0.2) is 0 Å². The molecule has 3 nitrogen and oxygen atoms in total. The van der Waals surface area contributed by atoms with Crippen LogP contribution in [0.5, 0.6) is 0 Å². The van der Waals surface area contributed by atoms with E-state index in [1.165, 1.54) is 12.4 Å². The maximum atomic E-state index is 13.1. The Bertz CT molecular complexity index is 739. The zero-order chi connectivity index (χ0) is 17.3. The molecule has 1 aliphatic heterocycles. The first-order valence-electron chi connectivity index (χ1n) is 7.58. The van der Waals surface area contributed by atoms with Gasteiger partial charge < -0.3 is 0 Å². The van der Waals surface area contributed by atoms with E-state index in [4.69, 9.17) is 11.6 Å². The molecule has 2 heterocycles. The van der Waals surface area contributed by atoms with Crippen molar-refractivity contribution in [3.05, 3.63) is 46.9 Å². The first-order valence-corrected chi connectivity index (χ1v) is 10.2. The van der Waals surface area contributed by atoms with Crippen LogP contribution in [0.15, 0.2) is 30.6 Å². The molecule has 1 aliphatic rings. The van der Waals surface area contributed by atoms with E-state index in [-0.39, 0.29) is 10.7 Å². The molecule has 1 unspecified atom stereocenters. The number of nitrogens with one attached hydrogen (secondary N) is 1. The molecule has 2 aromatic rings. The number of hydrogen-bond acceptors (Lipinski definition) is 3. The predicted molar refractivity (Wildman–Crippen MR) is 90.3 cm³/mol. The Balaban J connectivity index is 1.97. The SMILES string of the molecule is CC[C@@H]1C[C@H]([AsH]c2cc(Cl)ncn2)c2cc(C(F)(F)F)ccc2N1. The molecular formula is C16H16AsClF3N3. The van der Waals surface area contributed by atoms with E-state index in [0.717, 1.165) is 34.6 Å². The van der Waals surface area contributed by atoms with Crippen molar-refractivity contribution in [2.24, 2.45) is 0 Å². The van der Waals surface area contributed by atoms with Crippen LogP contribution in [-0.4, -0.2) is 31.8 Å².